The Bertz CT molecular complexity index is 255. The van der Waals surface area contributed by atoms with Crippen LogP contribution in [-0.4, -0.2) is 34.5 Å². The molecule has 0 aromatic heterocycles. The molecule has 1 saturated heterocycles. The maximum atomic E-state index is 11.8. The van der Waals surface area contributed by atoms with Gasteiger partial charge in [-0.05, 0) is 5.92 Å². The Balaban J connectivity index is 2.95. The van der Waals surface area contributed by atoms with Gasteiger partial charge in [-0.3, -0.25) is 14.5 Å². The highest BCUT2D eigenvalue weighted by atomic mass is 16.3. The van der Waals surface area contributed by atoms with E-state index in [1.54, 1.807) is 13.8 Å². The Kier molecular flexibility index (Phi) is 3.50. The molecule has 0 aliphatic carbocycles. The first kappa shape index (κ1) is 12.2. The average Bonchev–Trinajstić information content (AvgIpc) is 2.36. The van der Waals surface area contributed by atoms with Crippen molar-refractivity contribution >= 4 is 11.8 Å². The van der Waals surface area contributed by atoms with Crippen LogP contribution in [0.4, 0.5) is 0 Å². The summed E-state index contributed by atoms with van der Waals surface area (Å²) in [6.07, 6.45) is 0. The molecular weight excluding hydrogens is 194 g/mol. The fraction of sp³-hybridized carbons (Fsp3) is 0.818. The van der Waals surface area contributed by atoms with Crippen molar-refractivity contribution in [3.8, 4) is 0 Å². The van der Waals surface area contributed by atoms with Gasteiger partial charge in [-0.15, -0.1) is 0 Å². The Morgan fingerprint density at radius 1 is 1.20 bits per heavy atom. The smallest absolute Gasteiger partial charge is 0.233 e. The van der Waals surface area contributed by atoms with E-state index < -0.39 is 0 Å². The third kappa shape index (κ3) is 1.91. The lowest BCUT2D eigenvalue weighted by Crippen LogP contribution is -2.45. The summed E-state index contributed by atoms with van der Waals surface area (Å²) in [5.74, 6) is -0.739. The molecule has 2 amide bonds. The molecule has 0 saturated carbocycles. The predicted octanol–water partition coefficient (Wildman–Crippen LogP) is 0.644. The molecule has 0 spiro atoms. The third-order valence-electron chi connectivity index (χ3n) is 3.29. The molecule has 1 aliphatic rings. The first-order valence-corrected chi connectivity index (χ1v) is 5.39. The monoisotopic (exact) mass is 213 g/mol. The highest BCUT2D eigenvalue weighted by Crippen LogP contribution is 2.28. The van der Waals surface area contributed by atoms with Gasteiger partial charge in [-0.2, -0.15) is 0 Å². The molecule has 0 bridgehead atoms. The predicted molar refractivity (Wildman–Crippen MR) is 55.9 cm³/mol. The fourth-order valence-electron chi connectivity index (χ4n) is 1.89. The van der Waals surface area contributed by atoms with Gasteiger partial charge in [0.05, 0.1) is 12.6 Å². The molecule has 86 valence electrons. The highest BCUT2D eigenvalue weighted by molar-refractivity contribution is 6.05. The zero-order chi connectivity index (χ0) is 11.7. The standard InChI is InChI=1S/C11H19NO3/c1-6(2)9(5-13)12-10(14)7(3)8(4)11(12)15/h6-9,13H,5H2,1-4H3. The number of nitrogens with zero attached hydrogens (tertiary/aromatic N) is 1. The second-order valence-corrected chi connectivity index (χ2v) is 4.62. The maximum Gasteiger partial charge on any atom is 0.233 e. The van der Waals surface area contributed by atoms with Crippen LogP contribution < -0.4 is 0 Å². The van der Waals surface area contributed by atoms with E-state index in [4.69, 9.17) is 0 Å². The summed E-state index contributed by atoms with van der Waals surface area (Å²) in [6.45, 7) is 7.16. The molecule has 4 nitrogen and oxygen atoms in total. The lowest BCUT2D eigenvalue weighted by molar-refractivity contribution is -0.144. The summed E-state index contributed by atoms with van der Waals surface area (Å²) in [7, 11) is 0. The molecule has 15 heavy (non-hydrogen) atoms. The Morgan fingerprint density at radius 3 is 1.87 bits per heavy atom. The van der Waals surface area contributed by atoms with Gasteiger partial charge in [0.25, 0.3) is 0 Å². The van der Waals surface area contributed by atoms with Crippen LogP contribution in [0.3, 0.4) is 0 Å². The zero-order valence-corrected chi connectivity index (χ0v) is 9.73. The molecule has 1 heterocycles. The van der Waals surface area contributed by atoms with E-state index in [0.29, 0.717) is 0 Å². The van der Waals surface area contributed by atoms with Gasteiger partial charge in [0, 0.05) is 11.8 Å². The fourth-order valence-corrected chi connectivity index (χ4v) is 1.89. The van der Waals surface area contributed by atoms with Gasteiger partial charge in [0.1, 0.15) is 0 Å². The number of hydrogen-bond acceptors (Lipinski definition) is 3. The van der Waals surface area contributed by atoms with Crippen molar-refractivity contribution < 1.29 is 14.7 Å². The molecule has 0 aromatic carbocycles. The Labute approximate surface area is 90.3 Å². The van der Waals surface area contributed by atoms with Crippen LogP contribution in [-0.2, 0) is 9.59 Å². The number of hydrogen-bond donors (Lipinski definition) is 1. The van der Waals surface area contributed by atoms with E-state index in [2.05, 4.69) is 0 Å². The number of likely N-dealkylation sites (tertiary alicyclic amines) is 1. The van der Waals surface area contributed by atoms with Crippen molar-refractivity contribution in [2.24, 2.45) is 17.8 Å². The molecule has 1 aliphatic heterocycles. The van der Waals surface area contributed by atoms with E-state index >= 15 is 0 Å². The largest absolute Gasteiger partial charge is 0.394 e. The van der Waals surface area contributed by atoms with Crippen molar-refractivity contribution in [3.63, 3.8) is 0 Å². The van der Waals surface area contributed by atoms with Gasteiger partial charge in [-0.1, -0.05) is 27.7 Å². The lowest BCUT2D eigenvalue weighted by atomic mass is 10.00. The number of aliphatic hydroxyl groups excluding tert-OH is 1. The average molecular weight is 213 g/mol. The van der Waals surface area contributed by atoms with Crippen molar-refractivity contribution in [3.05, 3.63) is 0 Å². The molecule has 1 rings (SSSR count). The molecule has 0 aromatic rings. The van der Waals surface area contributed by atoms with Crippen molar-refractivity contribution in [2.75, 3.05) is 6.61 Å². The van der Waals surface area contributed by atoms with Gasteiger partial charge in [-0.25, -0.2) is 0 Å². The SMILES string of the molecule is CC(C)C(CO)N1C(=O)C(C)C(C)C1=O. The van der Waals surface area contributed by atoms with Crippen LogP contribution in [0, 0.1) is 17.8 Å². The lowest BCUT2D eigenvalue weighted by Gasteiger charge is -2.28. The molecule has 4 heteroatoms. The summed E-state index contributed by atoms with van der Waals surface area (Å²) >= 11 is 0. The van der Waals surface area contributed by atoms with Crippen LogP contribution >= 0.6 is 0 Å². The number of amides is 2. The summed E-state index contributed by atoms with van der Waals surface area (Å²) in [5, 5.41) is 9.22. The molecule has 3 unspecified atom stereocenters. The zero-order valence-electron chi connectivity index (χ0n) is 9.73. The topological polar surface area (TPSA) is 57.6 Å². The highest BCUT2D eigenvalue weighted by Gasteiger charge is 2.45. The van der Waals surface area contributed by atoms with E-state index in [9.17, 15) is 14.7 Å². The van der Waals surface area contributed by atoms with Crippen LogP contribution in [0.1, 0.15) is 27.7 Å². The van der Waals surface area contributed by atoms with Gasteiger partial charge in [0.15, 0.2) is 0 Å². The first-order valence-electron chi connectivity index (χ1n) is 5.39. The summed E-state index contributed by atoms with van der Waals surface area (Å²) in [5.41, 5.74) is 0. The van der Waals surface area contributed by atoms with Crippen molar-refractivity contribution in [1.29, 1.82) is 0 Å². The molecule has 0 radical (unpaired) electrons. The normalized spacial score (nSPS) is 29.1. The Morgan fingerprint density at radius 2 is 1.60 bits per heavy atom. The molecule has 1 N–H and O–H groups in total. The van der Waals surface area contributed by atoms with Crippen LogP contribution in [0.5, 0.6) is 0 Å². The summed E-state index contributed by atoms with van der Waals surface area (Å²) in [6, 6.07) is -0.377. The van der Waals surface area contributed by atoms with Crippen LogP contribution in [0.2, 0.25) is 0 Å². The molecular formula is C11H19NO3. The number of imide groups is 1. The van der Waals surface area contributed by atoms with Crippen LogP contribution in [0.15, 0.2) is 0 Å². The minimum atomic E-state index is -0.377. The maximum absolute atomic E-state index is 11.8. The quantitative estimate of drug-likeness (QED) is 0.700. The second-order valence-electron chi connectivity index (χ2n) is 4.62. The van der Waals surface area contributed by atoms with Crippen molar-refractivity contribution in [2.45, 2.75) is 33.7 Å². The Hall–Kier alpha value is -0.900. The number of aliphatic hydroxyl groups is 1. The molecule has 1 fully saturated rings. The third-order valence-corrected chi connectivity index (χ3v) is 3.29. The van der Waals surface area contributed by atoms with E-state index in [-0.39, 0.29) is 42.2 Å². The van der Waals surface area contributed by atoms with Gasteiger partial charge >= 0.3 is 0 Å². The summed E-state index contributed by atoms with van der Waals surface area (Å²) < 4.78 is 0. The second kappa shape index (κ2) is 4.31. The minimum Gasteiger partial charge on any atom is -0.394 e. The first-order chi connectivity index (χ1) is 6.91. The van der Waals surface area contributed by atoms with E-state index in [0.717, 1.165) is 0 Å². The number of rotatable bonds is 3. The minimum absolute atomic E-state index is 0.0837. The van der Waals surface area contributed by atoms with E-state index in [1.807, 2.05) is 13.8 Å². The molecule has 3 atom stereocenters. The van der Waals surface area contributed by atoms with Gasteiger partial charge in [0.2, 0.25) is 11.8 Å². The van der Waals surface area contributed by atoms with Crippen LogP contribution in [0.25, 0.3) is 0 Å². The summed E-state index contributed by atoms with van der Waals surface area (Å²) in [4.78, 5) is 24.9. The van der Waals surface area contributed by atoms with Crippen molar-refractivity contribution in [1.82, 2.24) is 4.90 Å². The number of carbonyl (C=O) groups is 2. The number of carbonyl (C=O) groups excluding carboxylic acids is 2. The van der Waals surface area contributed by atoms with E-state index in [1.165, 1.54) is 4.90 Å². The van der Waals surface area contributed by atoms with Gasteiger partial charge < -0.3 is 5.11 Å².